The Labute approximate surface area is 118 Å². The second-order valence-corrected chi connectivity index (χ2v) is 4.75. The van der Waals surface area contributed by atoms with Gasteiger partial charge in [-0.2, -0.15) is 5.10 Å². The Morgan fingerprint density at radius 2 is 2.25 bits per heavy atom. The lowest BCUT2D eigenvalue weighted by Crippen LogP contribution is -2.30. The van der Waals surface area contributed by atoms with E-state index in [0.717, 1.165) is 23.5 Å². The molecule has 5 nitrogen and oxygen atoms in total. The van der Waals surface area contributed by atoms with Gasteiger partial charge < -0.3 is 10.6 Å². The van der Waals surface area contributed by atoms with Crippen LogP contribution in [0.3, 0.4) is 0 Å². The van der Waals surface area contributed by atoms with E-state index in [1.165, 1.54) is 0 Å². The number of amides is 1. The maximum atomic E-state index is 12.0. The molecule has 0 saturated carbocycles. The van der Waals surface area contributed by atoms with Gasteiger partial charge in [0.2, 0.25) is 5.91 Å². The first-order valence-corrected chi connectivity index (χ1v) is 6.82. The molecule has 0 aliphatic rings. The minimum absolute atomic E-state index is 0.0210. The molecular formula is C15H20N4O. The molecule has 1 unspecified atom stereocenters. The number of hydrogen-bond acceptors (Lipinski definition) is 3. The van der Waals surface area contributed by atoms with Gasteiger partial charge in [-0.05, 0) is 24.7 Å². The maximum Gasteiger partial charge on any atom is 0.228 e. The van der Waals surface area contributed by atoms with E-state index in [1.807, 2.05) is 44.2 Å². The summed E-state index contributed by atoms with van der Waals surface area (Å²) in [4.78, 5) is 12.0. The minimum Gasteiger partial charge on any atom is -0.326 e. The van der Waals surface area contributed by atoms with Crippen molar-refractivity contribution in [2.45, 2.75) is 13.8 Å². The molecule has 1 atom stereocenters. The van der Waals surface area contributed by atoms with Gasteiger partial charge in [-0.15, -0.1) is 0 Å². The number of carbonyl (C=O) groups excluding carboxylic acids is 1. The molecule has 0 aliphatic heterocycles. The predicted octanol–water partition coefficient (Wildman–Crippen LogP) is 2.26. The van der Waals surface area contributed by atoms with Crippen molar-refractivity contribution in [3.05, 3.63) is 36.5 Å². The van der Waals surface area contributed by atoms with E-state index in [0.29, 0.717) is 6.54 Å². The highest BCUT2D eigenvalue weighted by Crippen LogP contribution is 2.20. The fourth-order valence-electron chi connectivity index (χ4n) is 1.90. The number of benzene rings is 1. The second kappa shape index (κ2) is 6.86. The fourth-order valence-corrected chi connectivity index (χ4v) is 1.90. The van der Waals surface area contributed by atoms with Crippen LogP contribution in [0.25, 0.3) is 11.3 Å². The van der Waals surface area contributed by atoms with Crippen molar-refractivity contribution >= 4 is 11.6 Å². The molecule has 0 fully saturated rings. The van der Waals surface area contributed by atoms with E-state index in [4.69, 9.17) is 0 Å². The van der Waals surface area contributed by atoms with Crippen LogP contribution in [0.5, 0.6) is 0 Å². The molecule has 0 saturated heterocycles. The second-order valence-electron chi connectivity index (χ2n) is 4.75. The Kier molecular flexibility index (Phi) is 4.90. The van der Waals surface area contributed by atoms with Crippen molar-refractivity contribution in [2.75, 3.05) is 18.4 Å². The summed E-state index contributed by atoms with van der Waals surface area (Å²) in [6, 6.07) is 9.61. The molecule has 1 heterocycles. The van der Waals surface area contributed by atoms with Crippen molar-refractivity contribution in [2.24, 2.45) is 5.92 Å². The topological polar surface area (TPSA) is 69.8 Å². The lowest BCUT2D eigenvalue weighted by atomic mass is 10.1. The van der Waals surface area contributed by atoms with Crippen molar-refractivity contribution in [1.82, 2.24) is 15.5 Å². The lowest BCUT2D eigenvalue weighted by Gasteiger charge is -2.13. The molecule has 0 aliphatic carbocycles. The number of H-pyrrole nitrogens is 1. The van der Waals surface area contributed by atoms with Gasteiger partial charge in [-0.3, -0.25) is 9.89 Å². The molecule has 0 bridgehead atoms. The predicted molar refractivity (Wildman–Crippen MR) is 80.4 cm³/mol. The highest BCUT2D eigenvalue weighted by atomic mass is 16.1. The number of anilines is 1. The molecule has 2 aromatic rings. The van der Waals surface area contributed by atoms with Gasteiger partial charge in [0.1, 0.15) is 0 Å². The van der Waals surface area contributed by atoms with Crippen LogP contribution >= 0.6 is 0 Å². The van der Waals surface area contributed by atoms with E-state index in [-0.39, 0.29) is 11.8 Å². The molecular weight excluding hydrogens is 252 g/mol. The zero-order valence-electron chi connectivity index (χ0n) is 11.8. The summed E-state index contributed by atoms with van der Waals surface area (Å²) in [6.45, 7) is 5.49. The summed E-state index contributed by atoms with van der Waals surface area (Å²) in [6.07, 6.45) is 1.71. The first kappa shape index (κ1) is 14.3. The average Bonchev–Trinajstić information content (AvgIpc) is 2.99. The molecule has 3 N–H and O–H groups in total. The highest BCUT2D eigenvalue weighted by molar-refractivity contribution is 5.93. The standard InChI is InChI=1S/C15H20N4O/c1-3-16-10-11(2)15(20)18-13-6-4-5-12(9-13)14-7-8-17-19-14/h4-9,11,16H,3,10H2,1-2H3,(H,17,19)(H,18,20). The molecule has 1 aromatic carbocycles. The normalized spacial score (nSPS) is 12.1. The smallest absolute Gasteiger partial charge is 0.228 e. The molecule has 5 heteroatoms. The average molecular weight is 272 g/mol. The van der Waals surface area contributed by atoms with Crippen LogP contribution in [-0.4, -0.2) is 29.2 Å². The van der Waals surface area contributed by atoms with Crippen molar-refractivity contribution in [3.63, 3.8) is 0 Å². The zero-order chi connectivity index (χ0) is 14.4. The van der Waals surface area contributed by atoms with E-state index >= 15 is 0 Å². The van der Waals surface area contributed by atoms with Gasteiger partial charge in [0.05, 0.1) is 5.69 Å². The number of rotatable bonds is 6. The summed E-state index contributed by atoms with van der Waals surface area (Å²) in [5, 5.41) is 13.0. The maximum absolute atomic E-state index is 12.0. The Bertz CT molecular complexity index is 551. The highest BCUT2D eigenvalue weighted by Gasteiger charge is 2.12. The minimum atomic E-state index is -0.0641. The zero-order valence-corrected chi connectivity index (χ0v) is 11.8. The number of hydrogen-bond donors (Lipinski definition) is 3. The van der Waals surface area contributed by atoms with Crippen LogP contribution in [0.2, 0.25) is 0 Å². The van der Waals surface area contributed by atoms with Crippen LogP contribution in [0.15, 0.2) is 36.5 Å². The number of aromatic nitrogens is 2. The third-order valence-electron chi connectivity index (χ3n) is 3.09. The number of nitrogens with one attached hydrogen (secondary N) is 3. The third kappa shape index (κ3) is 3.68. The molecule has 1 amide bonds. The number of carbonyl (C=O) groups is 1. The van der Waals surface area contributed by atoms with Crippen LogP contribution in [0.1, 0.15) is 13.8 Å². The molecule has 106 valence electrons. The SMILES string of the molecule is CCNCC(C)C(=O)Nc1cccc(-c2ccn[nH]2)c1. The molecule has 20 heavy (non-hydrogen) atoms. The van der Waals surface area contributed by atoms with Crippen LogP contribution in [0, 0.1) is 5.92 Å². The van der Waals surface area contributed by atoms with Crippen molar-refractivity contribution < 1.29 is 4.79 Å². The van der Waals surface area contributed by atoms with Gasteiger partial charge in [-0.1, -0.05) is 26.0 Å². The van der Waals surface area contributed by atoms with Crippen molar-refractivity contribution in [1.29, 1.82) is 0 Å². The van der Waals surface area contributed by atoms with Crippen molar-refractivity contribution in [3.8, 4) is 11.3 Å². The van der Waals surface area contributed by atoms with Crippen LogP contribution in [0.4, 0.5) is 5.69 Å². The van der Waals surface area contributed by atoms with Crippen LogP contribution in [-0.2, 0) is 4.79 Å². The fraction of sp³-hybridized carbons (Fsp3) is 0.333. The van der Waals surface area contributed by atoms with Gasteiger partial charge >= 0.3 is 0 Å². The summed E-state index contributed by atoms with van der Waals surface area (Å²) >= 11 is 0. The van der Waals surface area contributed by atoms with Gasteiger partial charge in [0.25, 0.3) is 0 Å². The molecule has 2 rings (SSSR count). The summed E-state index contributed by atoms with van der Waals surface area (Å²) in [7, 11) is 0. The van der Waals surface area contributed by atoms with Gasteiger partial charge in [-0.25, -0.2) is 0 Å². The number of aromatic amines is 1. The number of nitrogens with zero attached hydrogens (tertiary/aromatic N) is 1. The summed E-state index contributed by atoms with van der Waals surface area (Å²) in [5.74, 6) is -0.0431. The quantitative estimate of drug-likeness (QED) is 0.755. The Morgan fingerprint density at radius 1 is 1.40 bits per heavy atom. The Hall–Kier alpha value is -2.14. The first-order valence-electron chi connectivity index (χ1n) is 6.82. The van der Waals surface area contributed by atoms with E-state index in [9.17, 15) is 4.79 Å². The van der Waals surface area contributed by atoms with Gasteiger partial charge in [0.15, 0.2) is 0 Å². The monoisotopic (exact) mass is 272 g/mol. The summed E-state index contributed by atoms with van der Waals surface area (Å²) < 4.78 is 0. The van der Waals surface area contributed by atoms with E-state index in [2.05, 4.69) is 20.8 Å². The molecule has 1 aromatic heterocycles. The lowest BCUT2D eigenvalue weighted by molar-refractivity contribution is -0.119. The summed E-state index contributed by atoms with van der Waals surface area (Å²) in [5.41, 5.74) is 2.73. The van der Waals surface area contributed by atoms with E-state index in [1.54, 1.807) is 6.20 Å². The third-order valence-corrected chi connectivity index (χ3v) is 3.09. The molecule has 0 radical (unpaired) electrons. The Morgan fingerprint density at radius 3 is 2.95 bits per heavy atom. The Balaban J connectivity index is 2.03. The first-order chi connectivity index (χ1) is 9.70. The van der Waals surface area contributed by atoms with E-state index < -0.39 is 0 Å². The largest absolute Gasteiger partial charge is 0.326 e. The molecule has 0 spiro atoms. The van der Waals surface area contributed by atoms with Crippen LogP contribution < -0.4 is 10.6 Å². The van der Waals surface area contributed by atoms with Gasteiger partial charge in [0, 0.05) is 29.9 Å².